The zero-order valence-corrected chi connectivity index (χ0v) is 29.9. The molecule has 241 valence electrons. The fraction of sp³-hybridized carbons (Fsp3) is 0.122. The number of aromatic nitrogens is 5. The van der Waals surface area contributed by atoms with Gasteiger partial charge in [-0.25, -0.2) is 15.0 Å². The zero-order valence-electron chi connectivity index (χ0n) is 29.1. The predicted molar refractivity (Wildman–Crippen MR) is 222 cm³/mol. The van der Waals surface area contributed by atoms with Crippen molar-refractivity contribution in [1.29, 1.82) is 0 Å². The number of hydrogen-bond acceptors (Lipinski definition) is 5. The van der Waals surface area contributed by atoms with Gasteiger partial charge in [-0.3, -0.25) is 0 Å². The van der Waals surface area contributed by atoms with Crippen LogP contribution in [0.5, 0.6) is 0 Å². The summed E-state index contributed by atoms with van der Waals surface area (Å²) in [6, 6.07) is 26.3. The maximum absolute atomic E-state index is 5.07. The van der Waals surface area contributed by atoms with Gasteiger partial charge in [-0.1, -0.05) is 60.7 Å². The second-order valence-corrected chi connectivity index (χ2v) is 12.6. The zero-order chi connectivity index (χ0) is 35.0. The summed E-state index contributed by atoms with van der Waals surface area (Å²) in [7, 11) is 2.14. The molecule has 1 radical (unpaired) electrons. The molecule has 0 amide bonds. The van der Waals surface area contributed by atoms with E-state index in [-0.39, 0.29) is 0 Å². The summed E-state index contributed by atoms with van der Waals surface area (Å²) >= 11 is 1.68. The van der Waals surface area contributed by atoms with E-state index in [0.717, 1.165) is 65.6 Å². The molecule has 3 aromatic carbocycles. The molecule has 0 atom stereocenters. The quantitative estimate of drug-likeness (QED) is 0.102. The van der Waals surface area contributed by atoms with E-state index in [1.165, 1.54) is 0 Å². The van der Waals surface area contributed by atoms with E-state index >= 15 is 0 Å². The van der Waals surface area contributed by atoms with Gasteiger partial charge in [0, 0.05) is 11.1 Å². The summed E-state index contributed by atoms with van der Waals surface area (Å²) < 4.78 is 3.40. The Kier molecular flexibility index (Phi) is 11.0. The third-order valence-corrected chi connectivity index (χ3v) is 9.42. The third-order valence-electron chi connectivity index (χ3n) is 8.25. The van der Waals surface area contributed by atoms with Crippen LogP contribution in [0.3, 0.4) is 0 Å². The van der Waals surface area contributed by atoms with Gasteiger partial charge in [0.1, 0.15) is 0 Å². The van der Waals surface area contributed by atoms with Gasteiger partial charge in [0.2, 0.25) is 0 Å². The van der Waals surface area contributed by atoms with Gasteiger partial charge < -0.3 is 0 Å². The van der Waals surface area contributed by atoms with Gasteiger partial charge in [-0.05, 0) is 0 Å². The summed E-state index contributed by atoms with van der Waals surface area (Å²) in [5, 5.41) is 0.964. The molecule has 0 aliphatic heterocycles. The first kappa shape index (κ1) is 34.6. The van der Waals surface area contributed by atoms with Crippen LogP contribution in [0.2, 0.25) is 20.5 Å². The van der Waals surface area contributed by atoms with E-state index in [1.54, 1.807) is 11.3 Å². The molecule has 0 saturated carbocycles. The van der Waals surface area contributed by atoms with Gasteiger partial charge in [-0.15, -0.1) is 0 Å². The number of benzene rings is 3. The Hall–Kier alpha value is -5.27. The summed E-state index contributed by atoms with van der Waals surface area (Å²) in [6.07, 6.45) is 10.5. The average Bonchev–Trinajstić information content (AvgIpc) is 3.71. The second-order valence-electron chi connectivity index (χ2n) is 11.6. The molecule has 6 rings (SSSR count). The number of allylic oxidation sites excluding steroid dienone is 4. The molecule has 0 aliphatic rings. The fourth-order valence-corrected chi connectivity index (χ4v) is 6.81. The van der Waals surface area contributed by atoms with Crippen LogP contribution in [0.25, 0.3) is 67.7 Å². The number of rotatable bonds is 11. The molecule has 0 saturated heterocycles. The number of nitrogens with zero attached hydrogens (tertiary/aromatic N) is 5. The van der Waals surface area contributed by atoms with Gasteiger partial charge in [-0.2, -0.15) is 0 Å². The second kappa shape index (κ2) is 16.0. The Bertz CT molecular complexity index is 2260. The van der Waals surface area contributed by atoms with Crippen LogP contribution in [0.4, 0.5) is 0 Å². The van der Waals surface area contributed by atoms with Crippen LogP contribution in [0.15, 0.2) is 104 Å². The molecule has 3 aromatic heterocycles. The molecule has 50 heavy (non-hydrogen) atoms. The number of fused-ring (bicyclic) bond motifs is 1. The molecule has 0 aliphatic carbocycles. The van der Waals surface area contributed by atoms with E-state index in [4.69, 9.17) is 19.9 Å². The van der Waals surface area contributed by atoms with Crippen molar-refractivity contribution in [2.45, 2.75) is 34.3 Å². The summed E-state index contributed by atoms with van der Waals surface area (Å²) in [5.41, 5.74) is 10.3. The van der Waals surface area contributed by atoms with Crippen molar-refractivity contribution in [3.63, 3.8) is 0 Å². The van der Waals surface area contributed by atoms with Crippen molar-refractivity contribution in [2.75, 3.05) is 0 Å². The van der Waals surface area contributed by atoms with E-state index < -0.39 is 0 Å². The minimum atomic E-state index is 0.615. The van der Waals surface area contributed by atoms with Crippen molar-refractivity contribution in [3.8, 4) is 34.2 Å². The van der Waals surface area contributed by atoms with Crippen LogP contribution in [-0.2, 0) is 0 Å². The Labute approximate surface area is 301 Å². The maximum atomic E-state index is 5.07. The summed E-state index contributed by atoms with van der Waals surface area (Å²) in [5.74, 6) is 6.20. The van der Waals surface area contributed by atoms with Gasteiger partial charge in [0.05, 0.1) is 0 Å². The monoisotopic (exact) mass is 664 g/mol. The molecule has 6 aromatic rings. The standard InChI is InChI=1S/C41H37B3N5S/c1-7-15-32-31(8-2)34(25-42-4)49(35(32)26-43-5)37(44-6)23-20-27(3)41-45-33-24-30(21-22-36(33)50-41)40-47-38(28-16-11-9-12-17-28)46-39(48-40)29-18-13-10-14-19-29/h7-26H,2H2,1,3-6H3/b15-7-,27-20+,37-23+. The van der Waals surface area contributed by atoms with Crippen LogP contribution < -0.4 is 0 Å². The molecule has 0 N–H and O–H groups in total. The molecule has 0 bridgehead atoms. The van der Waals surface area contributed by atoms with Crippen LogP contribution in [0.1, 0.15) is 41.4 Å². The number of thiazole rings is 1. The molecule has 5 nitrogen and oxygen atoms in total. The van der Waals surface area contributed by atoms with Gasteiger partial charge >= 0.3 is 198 Å². The van der Waals surface area contributed by atoms with Crippen molar-refractivity contribution in [1.82, 2.24) is 24.5 Å². The van der Waals surface area contributed by atoms with E-state index in [2.05, 4.69) is 100 Å². The average molecular weight is 664 g/mol. The number of hydrogen-bond donors (Lipinski definition) is 0. The fourth-order valence-electron chi connectivity index (χ4n) is 5.88. The summed E-state index contributed by atoms with van der Waals surface area (Å²) in [4.78, 5) is 19.7. The minimum absolute atomic E-state index is 0.615. The Morgan fingerprint density at radius 3 is 1.84 bits per heavy atom. The predicted octanol–water partition coefficient (Wildman–Crippen LogP) is 9.42. The van der Waals surface area contributed by atoms with Gasteiger partial charge in [0.15, 0.2) is 17.5 Å². The summed E-state index contributed by atoms with van der Waals surface area (Å²) in [6.45, 7) is 18.6. The van der Waals surface area contributed by atoms with E-state index in [0.29, 0.717) is 17.5 Å². The molecule has 9 heteroatoms. The molecule has 3 heterocycles. The Morgan fingerprint density at radius 2 is 1.30 bits per heavy atom. The molecular formula is C41H37B3N5S. The normalized spacial score (nSPS) is 12.3. The first-order valence-electron chi connectivity index (χ1n) is 16.7. The van der Waals surface area contributed by atoms with Crippen molar-refractivity contribution < 1.29 is 0 Å². The third kappa shape index (κ3) is 7.19. The molecule has 0 unspecified atom stereocenters. The van der Waals surface area contributed by atoms with E-state index in [1.807, 2.05) is 87.3 Å². The van der Waals surface area contributed by atoms with Crippen molar-refractivity contribution >= 4 is 77.9 Å². The topological polar surface area (TPSA) is 56.5 Å². The van der Waals surface area contributed by atoms with Crippen molar-refractivity contribution in [2.24, 2.45) is 0 Å². The Balaban J connectivity index is 1.40. The first-order chi connectivity index (χ1) is 24.5. The van der Waals surface area contributed by atoms with Gasteiger partial charge in [0.25, 0.3) is 0 Å². The molecule has 0 spiro atoms. The van der Waals surface area contributed by atoms with Crippen LogP contribution in [-0.4, -0.2) is 57.6 Å². The molecular weight excluding hydrogens is 627 g/mol. The first-order valence-corrected chi connectivity index (χ1v) is 17.6. The molecule has 0 fully saturated rings. The van der Waals surface area contributed by atoms with E-state index in [9.17, 15) is 0 Å². The van der Waals surface area contributed by atoms with Crippen LogP contribution >= 0.6 is 11.3 Å². The Morgan fingerprint density at radius 1 is 0.720 bits per heavy atom. The van der Waals surface area contributed by atoms with Crippen molar-refractivity contribution in [3.05, 3.63) is 131 Å². The SMILES string of the molecule is C=Cc1c(/C=C\C)c(C=BC)n(/C([B]C)=C/C=C(\C)c2nc3cc(-c4nc(-c5ccccc5)nc(-c5ccccc5)n4)ccc3s2)c1C=BC. The van der Waals surface area contributed by atoms with Crippen LogP contribution in [0, 0.1) is 0 Å².